The van der Waals surface area contributed by atoms with Gasteiger partial charge in [0.1, 0.15) is 11.7 Å². The normalized spacial score (nSPS) is 22.4. The molecule has 0 unspecified atom stereocenters. The quantitative estimate of drug-likeness (QED) is 0.842. The van der Waals surface area contributed by atoms with Crippen LogP contribution >= 0.6 is 0 Å². The Bertz CT molecular complexity index is 559. The molecule has 0 spiro atoms. The first-order chi connectivity index (χ1) is 9.70. The number of carboxylic acid groups (broad SMARTS) is 1. The average Bonchev–Trinajstić information content (AvgIpc) is 2.79. The Morgan fingerprint density at radius 2 is 2.00 bits per heavy atom. The molecule has 1 aromatic heterocycles. The Hall–Kier alpha value is -2.16. The fourth-order valence-electron chi connectivity index (χ4n) is 2.13. The van der Waals surface area contributed by atoms with Crippen LogP contribution in [0.5, 0.6) is 0 Å². The van der Waals surface area contributed by atoms with Crippen LogP contribution < -0.4 is 0 Å². The highest BCUT2D eigenvalue weighted by Crippen LogP contribution is 2.28. The highest BCUT2D eigenvalue weighted by Gasteiger charge is 2.39. The lowest BCUT2D eigenvalue weighted by Crippen LogP contribution is -2.40. The maximum absolute atomic E-state index is 12.4. The molecule has 21 heavy (non-hydrogen) atoms. The van der Waals surface area contributed by atoms with Gasteiger partial charge in [0, 0.05) is 19.2 Å². The standard InChI is InChI=1S/C12H11F3N2O4/c13-12(14,15)9-2-1-6(4-16-9)10(19)17-5-7(18)3-8(17)11(20)21/h1-2,4,7-8,18H,3,5H2,(H,20,21)/t7-,8-/m1/s1. The van der Waals surface area contributed by atoms with Gasteiger partial charge in [-0.2, -0.15) is 13.2 Å². The molecule has 1 saturated heterocycles. The van der Waals surface area contributed by atoms with E-state index < -0.39 is 35.9 Å². The summed E-state index contributed by atoms with van der Waals surface area (Å²) in [5, 5.41) is 18.4. The maximum atomic E-state index is 12.4. The van der Waals surface area contributed by atoms with Crippen LogP contribution in [0.3, 0.4) is 0 Å². The number of nitrogens with zero attached hydrogens (tertiary/aromatic N) is 2. The van der Waals surface area contributed by atoms with Crippen molar-refractivity contribution in [2.75, 3.05) is 6.54 Å². The molecule has 2 heterocycles. The summed E-state index contributed by atoms with van der Waals surface area (Å²) in [6.07, 6.45) is -4.96. The lowest BCUT2D eigenvalue weighted by molar-refractivity contribution is -0.142. The number of aromatic nitrogens is 1. The van der Waals surface area contributed by atoms with Crippen molar-refractivity contribution in [2.24, 2.45) is 0 Å². The van der Waals surface area contributed by atoms with Gasteiger partial charge in [0.2, 0.25) is 0 Å². The number of aliphatic hydroxyl groups is 1. The van der Waals surface area contributed by atoms with Gasteiger partial charge in [-0.1, -0.05) is 0 Å². The Morgan fingerprint density at radius 3 is 2.48 bits per heavy atom. The summed E-state index contributed by atoms with van der Waals surface area (Å²) in [6, 6.07) is 0.381. The molecule has 2 N–H and O–H groups in total. The molecule has 0 aliphatic carbocycles. The number of aliphatic hydroxyl groups excluding tert-OH is 1. The van der Waals surface area contributed by atoms with Crippen LogP contribution in [0.1, 0.15) is 22.5 Å². The summed E-state index contributed by atoms with van der Waals surface area (Å²) in [6.45, 7) is -0.184. The number of hydrogen-bond donors (Lipinski definition) is 2. The second-order valence-corrected chi connectivity index (χ2v) is 4.63. The molecule has 1 amide bonds. The zero-order chi connectivity index (χ0) is 15.8. The van der Waals surface area contributed by atoms with Crippen LogP contribution in [0.2, 0.25) is 0 Å². The van der Waals surface area contributed by atoms with Crippen molar-refractivity contribution >= 4 is 11.9 Å². The first-order valence-electron chi connectivity index (χ1n) is 5.95. The largest absolute Gasteiger partial charge is 0.480 e. The molecular formula is C12H11F3N2O4. The SMILES string of the molecule is O=C(O)[C@H]1C[C@@H](O)CN1C(=O)c1ccc(C(F)(F)F)nc1. The number of aliphatic carboxylic acids is 1. The van der Waals surface area contributed by atoms with Crippen molar-refractivity contribution in [2.45, 2.75) is 24.7 Å². The van der Waals surface area contributed by atoms with Gasteiger partial charge in [0.25, 0.3) is 5.91 Å². The molecule has 1 fully saturated rings. The van der Waals surface area contributed by atoms with E-state index in [-0.39, 0.29) is 18.5 Å². The molecule has 9 heteroatoms. The fourth-order valence-corrected chi connectivity index (χ4v) is 2.13. The zero-order valence-electron chi connectivity index (χ0n) is 10.5. The zero-order valence-corrected chi connectivity index (χ0v) is 10.5. The lowest BCUT2D eigenvalue weighted by atomic mass is 10.2. The van der Waals surface area contributed by atoms with E-state index in [0.29, 0.717) is 6.07 Å². The van der Waals surface area contributed by atoms with Crippen LogP contribution in [-0.2, 0) is 11.0 Å². The molecule has 0 aromatic carbocycles. The summed E-state index contributed by atoms with van der Waals surface area (Å²) in [5.41, 5.74) is -1.31. The van der Waals surface area contributed by atoms with Crippen molar-refractivity contribution in [3.63, 3.8) is 0 Å². The average molecular weight is 304 g/mol. The third kappa shape index (κ3) is 3.13. The third-order valence-electron chi connectivity index (χ3n) is 3.13. The van der Waals surface area contributed by atoms with E-state index in [0.717, 1.165) is 17.2 Å². The monoisotopic (exact) mass is 304 g/mol. The molecular weight excluding hydrogens is 293 g/mol. The number of carbonyl (C=O) groups excluding carboxylic acids is 1. The number of carboxylic acids is 1. The van der Waals surface area contributed by atoms with Gasteiger partial charge in [0.05, 0.1) is 11.7 Å². The Morgan fingerprint density at radius 1 is 1.33 bits per heavy atom. The maximum Gasteiger partial charge on any atom is 0.433 e. The molecule has 1 aromatic rings. The van der Waals surface area contributed by atoms with Crippen molar-refractivity contribution in [1.82, 2.24) is 9.88 Å². The van der Waals surface area contributed by atoms with Crippen molar-refractivity contribution < 1.29 is 33.0 Å². The van der Waals surface area contributed by atoms with E-state index in [1.165, 1.54) is 0 Å². The summed E-state index contributed by atoms with van der Waals surface area (Å²) in [7, 11) is 0. The van der Waals surface area contributed by atoms with E-state index in [2.05, 4.69) is 4.98 Å². The van der Waals surface area contributed by atoms with Crippen LogP contribution in [-0.4, -0.2) is 50.7 Å². The molecule has 1 aliphatic rings. The third-order valence-corrected chi connectivity index (χ3v) is 3.13. The fraction of sp³-hybridized carbons (Fsp3) is 0.417. The summed E-state index contributed by atoms with van der Waals surface area (Å²) in [5.74, 6) is -2.06. The highest BCUT2D eigenvalue weighted by molar-refractivity contribution is 5.96. The smallest absolute Gasteiger partial charge is 0.433 e. The molecule has 0 radical (unpaired) electrons. The van der Waals surface area contributed by atoms with Crippen molar-refractivity contribution in [1.29, 1.82) is 0 Å². The van der Waals surface area contributed by atoms with E-state index >= 15 is 0 Å². The van der Waals surface area contributed by atoms with E-state index in [9.17, 15) is 27.9 Å². The van der Waals surface area contributed by atoms with E-state index in [1.54, 1.807) is 0 Å². The van der Waals surface area contributed by atoms with Gasteiger partial charge in [-0.3, -0.25) is 9.78 Å². The number of carbonyl (C=O) groups is 2. The molecule has 114 valence electrons. The molecule has 0 saturated carbocycles. The number of hydrogen-bond acceptors (Lipinski definition) is 4. The summed E-state index contributed by atoms with van der Waals surface area (Å²) in [4.78, 5) is 27.2. The predicted octanol–water partition coefficient (Wildman–Crippen LogP) is 0.760. The first-order valence-corrected chi connectivity index (χ1v) is 5.95. The Labute approximate surface area is 116 Å². The van der Waals surface area contributed by atoms with Crippen molar-refractivity contribution in [3.05, 3.63) is 29.6 Å². The Kier molecular flexibility index (Phi) is 3.86. The number of alkyl halides is 3. The minimum atomic E-state index is -4.62. The molecule has 6 nitrogen and oxygen atoms in total. The number of β-amino-alcohol motifs (C(OH)–C–C–N with tert-alkyl or cyclic N) is 1. The molecule has 1 aliphatic heterocycles. The molecule has 2 rings (SSSR count). The van der Waals surface area contributed by atoms with Crippen molar-refractivity contribution in [3.8, 4) is 0 Å². The van der Waals surface area contributed by atoms with Crippen LogP contribution in [0.4, 0.5) is 13.2 Å². The van der Waals surface area contributed by atoms with Crippen LogP contribution in [0.25, 0.3) is 0 Å². The van der Waals surface area contributed by atoms with Gasteiger partial charge in [0.15, 0.2) is 0 Å². The molecule has 2 atom stereocenters. The van der Waals surface area contributed by atoms with E-state index in [4.69, 9.17) is 5.11 Å². The number of halogens is 3. The molecule has 0 bridgehead atoms. The van der Waals surface area contributed by atoms with Gasteiger partial charge in [-0.25, -0.2) is 4.79 Å². The van der Waals surface area contributed by atoms with Crippen LogP contribution in [0, 0.1) is 0 Å². The number of pyridine rings is 1. The lowest BCUT2D eigenvalue weighted by Gasteiger charge is -2.21. The Balaban J connectivity index is 2.22. The van der Waals surface area contributed by atoms with Gasteiger partial charge < -0.3 is 15.1 Å². The summed E-state index contributed by atoms with van der Waals surface area (Å²) >= 11 is 0. The van der Waals surface area contributed by atoms with Gasteiger partial charge in [-0.15, -0.1) is 0 Å². The number of amides is 1. The van der Waals surface area contributed by atoms with Gasteiger partial charge in [-0.05, 0) is 12.1 Å². The highest BCUT2D eigenvalue weighted by atomic mass is 19.4. The first kappa shape index (κ1) is 15.2. The predicted molar refractivity (Wildman–Crippen MR) is 62.3 cm³/mol. The minimum Gasteiger partial charge on any atom is -0.480 e. The summed E-state index contributed by atoms with van der Waals surface area (Å²) < 4.78 is 37.1. The van der Waals surface area contributed by atoms with Crippen LogP contribution in [0.15, 0.2) is 18.3 Å². The van der Waals surface area contributed by atoms with Gasteiger partial charge >= 0.3 is 12.1 Å². The number of rotatable bonds is 2. The number of likely N-dealkylation sites (tertiary alicyclic amines) is 1. The topological polar surface area (TPSA) is 90.7 Å². The second kappa shape index (κ2) is 5.32. The second-order valence-electron chi connectivity index (χ2n) is 4.63. The minimum absolute atomic E-state index is 0.116. The van der Waals surface area contributed by atoms with E-state index in [1.807, 2.05) is 0 Å².